The van der Waals surface area contributed by atoms with Gasteiger partial charge in [-0.2, -0.15) is 4.98 Å². The molecule has 0 aromatic carbocycles. The molecular formula is C33H43N15O16P2S. The van der Waals surface area contributed by atoms with E-state index in [-0.39, 0.29) is 64.9 Å². The molecule has 6 aromatic heterocycles. The zero-order valence-corrected chi connectivity index (χ0v) is 37.4. The number of phosphoric ester groups is 2. The predicted molar refractivity (Wildman–Crippen MR) is 224 cm³/mol. The van der Waals surface area contributed by atoms with Gasteiger partial charge in [-0.15, -0.1) is 0 Å². The predicted octanol–water partition coefficient (Wildman–Crippen LogP) is -1.05. The number of aromatic nitrogens is 12. The first-order valence-corrected chi connectivity index (χ1v) is 24.9. The lowest BCUT2D eigenvalue weighted by molar-refractivity contribution is -0.0610. The third-order valence-corrected chi connectivity index (χ3v) is 14.9. The molecule has 0 radical (unpaired) electrons. The van der Waals surface area contributed by atoms with E-state index in [1.807, 2.05) is 0 Å². The van der Waals surface area contributed by atoms with Crippen molar-refractivity contribution < 1.29 is 69.9 Å². The van der Waals surface area contributed by atoms with Crippen molar-refractivity contribution in [2.24, 2.45) is 0 Å². The fourth-order valence-electron chi connectivity index (χ4n) is 8.02. The van der Waals surface area contributed by atoms with Gasteiger partial charge in [-0.1, -0.05) is 6.92 Å². The molecule has 0 aliphatic carbocycles. The minimum Gasteiger partial charge on any atom is -0.394 e. The van der Waals surface area contributed by atoms with Crippen LogP contribution in [0.5, 0.6) is 0 Å². The molecule has 362 valence electrons. The van der Waals surface area contributed by atoms with Gasteiger partial charge in [-0.3, -0.25) is 41.6 Å². The van der Waals surface area contributed by atoms with E-state index in [9.17, 15) is 42.3 Å². The summed E-state index contributed by atoms with van der Waals surface area (Å²) in [5.41, 5.74) is 17.4. The Labute approximate surface area is 375 Å². The van der Waals surface area contributed by atoms with Crippen LogP contribution in [0.25, 0.3) is 33.5 Å². The summed E-state index contributed by atoms with van der Waals surface area (Å²) in [4.78, 5) is 69.5. The molecule has 34 heteroatoms. The summed E-state index contributed by atoms with van der Waals surface area (Å²) < 4.78 is 98.1. The van der Waals surface area contributed by atoms with E-state index in [0.717, 1.165) is 10.9 Å². The van der Waals surface area contributed by atoms with Crippen molar-refractivity contribution in [1.82, 2.24) is 58.6 Å². The minimum atomic E-state index is -5.17. The van der Waals surface area contributed by atoms with Crippen LogP contribution in [0.2, 0.25) is 0 Å². The van der Waals surface area contributed by atoms with Gasteiger partial charge in [0.15, 0.2) is 39.6 Å². The van der Waals surface area contributed by atoms with Gasteiger partial charge < -0.3 is 51.4 Å². The van der Waals surface area contributed by atoms with Crippen LogP contribution >= 0.6 is 15.6 Å². The molecule has 3 saturated heterocycles. The molecule has 67 heavy (non-hydrogen) atoms. The average Bonchev–Trinajstić information content (AvgIpc) is 4.12. The third kappa shape index (κ3) is 9.25. The number of H-pyrrole nitrogens is 1. The maximum Gasteiger partial charge on any atom is 0.472 e. The van der Waals surface area contributed by atoms with Crippen LogP contribution in [0, 0.1) is 0 Å². The molecule has 3 fully saturated rings. The molecule has 9 heterocycles. The van der Waals surface area contributed by atoms with Crippen LogP contribution in [-0.2, 0) is 51.3 Å². The van der Waals surface area contributed by atoms with Crippen molar-refractivity contribution in [2.45, 2.75) is 93.1 Å². The van der Waals surface area contributed by atoms with Crippen molar-refractivity contribution in [3.05, 3.63) is 35.7 Å². The topological polar surface area (TPSA) is 443 Å². The Morgan fingerprint density at radius 3 is 2.01 bits per heavy atom. The normalized spacial score (nSPS) is 27.6. The first-order chi connectivity index (χ1) is 31.8. The molecule has 0 spiro atoms. The maximum absolute atomic E-state index is 13.7. The SMILES string of the molecule is CCCS(=O)(=O)c1nc2c(N)ncnc2n1[C@H]1C[C@H](OP(=O)(O)OC[C@H]2O[C@@H](n3cnc4c(N)ncnc43)C[C@@H]2O)[C@@H](COP(=O)(O)O[C@H]2C[C@H](n3cnc4c(=O)[nH]c(N)nc43)O[C@@H]2CO)O1. The van der Waals surface area contributed by atoms with Gasteiger partial charge in [0.05, 0.1) is 44.3 Å². The lowest BCUT2D eigenvalue weighted by Crippen LogP contribution is -2.31. The molecule has 3 aliphatic heterocycles. The van der Waals surface area contributed by atoms with Gasteiger partial charge in [0.1, 0.15) is 67.4 Å². The maximum atomic E-state index is 13.7. The van der Waals surface area contributed by atoms with E-state index < -0.39 is 118 Å². The Morgan fingerprint density at radius 2 is 1.33 bits per heavy atom. The number of aliphatic hydroxyl groups is 2. The number of ether oxygens (including phenoxy) is 3. The van der Waals surface area contributed by atoms with E-state index in [2.05, 4.69) is 44.9 Å². The number of nitrogens with zero attached hydrogens (tertiary/aromatic N) is 11. The summed E-state index contributed by atoms with van der Waals surface area (Å²) in [6, 6.07) is 0. The van der Waals surface area contributed by atoms with Crippen LogP contribution in [0.4, 0.5) is 17.6 Å². The number of anilines is 3. The minimum absolute atomic E-state index is 0.00233. The van der Waals surface area contributed by atoms with Crippen LogP contribution in [0.15, 0.2) is 35.3 Å². The molecule has 0 bridgehead atoms. The van der Waals surface area contributed by atoms with E-state index in [1.165, 1.54) is 28.1 Å². The highest BCUT2D eigenvalue weighted by Gasteiger charge is 2.47. The molecule has 3 aliphatic rings. The van der Waals surface area contributed by atoms with E-state index in [0.29, 0.717) is 11.2 Å². The number of hydrogen-bond acceptors (Lipinski definition) is 25. The number of nitrogen functional groups attached to an aromatic ring is 3. The fraction of sp³-hybridized carbons (Fsp3) is 0.545. The number of aliphatic hydroxyl groups excluding tert-OH is 2. The fourth-order valence-corrected chi connectivity index (χ4v) is 11.4. The average molecular weight is 1000 g/mol. The van der Waals surface area contributed by atoms with E-state index >= 15 is 0 Å². The number of imidazole rings is 3. The van der Waals surface area contributed by atoms with E-state index in [1.54, 1.807) is 6.92 Å². The first kappa shape index (κ1) is 46.9. The molecule has 9 rings (SSSR count). The van der Waals surface area contributed by atoms with Crippen molar-refractivity contribution in [3.63, 3.8) is 0 Å². The Kier molecular flexibility index (Phi) is 12.6. The summed E-state index contributed by atoms with van der Waals surface area (Å²) in [7, 11) is -14.5. The standard InChI is InChI=1S/C33H43N15O16P2S/c1-2-3-67(56,57)33-43-24-27(35)38-11-40-29(24)48(33)22-6-16(64-65(52,53)58-8-18-14(50)4-20(61-18)46-12-41-23-26(34)37-10-39-28(23)46)19(62-22)9-59-66(54,55)63-15-5-21(60-17(15)7-49)47-13-42-25-30(47)44-32(36)45-31(25)51/h10-22,49-50H,2-9H2,1H3,(H,52,53)(H,54,55)(H2,34,37,39)(H2,35,38,40)(H3,36,44,45,51)/t14-,15-,16-,17+,18+,19+,20+,21+,22+/m0/s1. The van der Waals surface area contributed by atoms with Crippen LogP contribution < -0.4 is 22.8 Å². The Bertz CT molecular complexity index is 3100. The second-order valence-corrected chi connectivity index (χ2v) is 20.3. The summed E-state index contributed by atoms with van der Waals surface area (Å²) in [5, 5.41) is 20.5. The smallest absolute Gasteiger partial charge is 0.394 e. The van der Waals surface area contributed by atoms with Crippen molar-refractivity contribution in [2.75, 3.05) is 42.8 Å². The quantitative estimate of drug-likeness (QED) is 0.0505. The van der Waals surface area contributed by atoms with E-state index in [4.69, 9.17) is 49.5 Å². The Morgan fingerprint density at radius 1 is 0.761 bits per heavy atom. The van der Waals surface area contributed by atoms with Gasteiger partial charge >= 0.3 is 15.6 Å². The highest BCUT2D eigenvalue weighted by Crippen LogP contribution is 2.52. The van der Waals surface area contributed by atoms with Gasteiger partial charge in [-0.05, 0) is 6.42 Å². The van der Waals surface area contributed by atoms with Gasteiger partial charge in [0, 0.05) is 19.3 Å². The lowest BCUT2D eigenvalue weighted by atomic mass is 10.2. The summed E-state index contributed by atoms with van der Waals surface area (Å²) in [6.45, 7) is -0.635. The first-order valence-electron chi connectivity index (χ1n) is 20.3. The number of phosphoric acid groups is 2. The second-order valence-electron chi connectivity index (χ2n) is 15.5. The van der Waals surface area contributed by atoms with Gasteiger partial charge in [0.2, 0.25) is 20.9 Å². The molecule has 31 nitrogen and oxygen atoms in total. The third-order valence-electron chi connectivity index (χ3n) is 11.1. The summed E-state index contributed by atoms with van der Waals surface area (Å²) in [6.07, 6.45) is -6.80. The monoisotopic (exact) mass is 999 g/mol. The number of fused-ring (bicyclic) bond motifs is 3. The molecule has 11 N–H and O–H groups in total. The number of aromatic amines is 1. The zero-order chi connectivity index (χ0) is 47.6. The highest BCUT2D eigenvalue weighted by atomic mass is 32.2. The molecule has 0 saturated carbocycles. The van der Waals surface area contributed by atoms with Crippen LogP contribution in [-0.4, -0.2) is 149 Å². The lowest BCUT2D eigenvalue weighted by Gasteiger charge is -2.24. The Hall–Kier alpha value is -5.18. The number of nitrogens with two attached hydrogens (primary N) is 3. The number of nitrogens with one attached hydrogen (secondary N) is 1. The highest BCUT2D eigenvalue weighted by molar-refractivity contribution is 7.91. The number of rotatable bonds is 17. The van der Waals surface area contributed by atoms with Crippen LogP contribution in [0.3, 0.4) is 0 Å². The van der Waals surface area contributed by atoms with Crippen molar-refractivity contribution in [3.8, 4) is 0 Å². The molecule has 0 amide bonds. The van der Waals surface area contributed by atoms with Crippen LogP contribution in [0.1, 0.15) is 51.3 Å². The molecular weight excluding hydrogens is 956 g/mol. The van der Waals surface area contributed by atoms with Gasteiger partial charge in [-0.25, -0.2) is 52.4 Å². The number of sulfone groups is 1. The Balaban J connectivity index is 0.935. The van der Waals surface area contributed by atoms with Crippen molar-refractivity contribution in [1.29, 1.82) is 0 Å². The summed E-state index contributed by atoms with van der Waals surface area (Å²) >= 11 is 0. The van der Waals surface area contributed by atoms with Gasteiger partial charge in [0.25, 0.3) is 5.56 Å². The zero-order valence-electron chi connectivity index (χ0n) is 34.8. The second kappa shape index (κ2) is 18.0. The molecule has 6 aromatic rings. The molecule has 2 unspecified atom stereocenters. The molecule has 11 atom stereocenters. The number of hydrogen-bond donors (Lipinski definition) is 8. The summed E-state index contributed by atoms with van der Waals surface area (Å²) in [5.74, 6) is -0.620. The largest absolute Gasteiger partial charge is 0.472 e. The van der Waals surface area contributed by atoms with Crippen molar-refractivity contribution >= 4 is 76.6 Å².